The largest absolute Gasteiger partial charge is 0.303 e. The maximum atomic E-state index is 9.01. The molecule has 1 heterocycles. The van der Waals surface area contributed by atoms with Gasteiger partial charge in [-0.1, -0.05) is 19.8 Å². The zero-order chi connectivity index (χ0) is 11.6. The first kappa shape index (κ1) is 13.5. The fourth-order valence-electron chi connectivity index (χ4n) is 2.20. The van der Waals surface area contributed by atoms with Crippen molar-refractivity contribution < 1.29 is 0 Å². The summed E-state index contributed by atoms with van der Waals surface area (Å²) in [7, 11) is 0. The zero-order valence-corrected chi connectivity index (χ0v) is 10.5. The zero-order valence-electron chi connectivity index (χ0n) is 10.5. The van der Waals surface area contributed by atoms with Crippen LogP contribution in [0.2, 0.25) is 0 Å². The first-order valence-electron chi connectivity index (χ1n) is 6.72. The SMILES string of the molecule is CCCNC(C#N)CCN1CCCCCC1. The van der Waals surface area contributed by atoms with Crippen molar-refractivity contribution in [1.82, 2.24) is 10.2 Å². The molecule has 0 amide bonds. The Balaban J connectivity index is 2.17. The molecule has 0 saturated carbocycles. The lowest BCUT2D eigenvalue weighted by atomic mass is 10.2. The summed E-state index contributed by atoms with van der Waals surface area (Å²) in [6, 6.07) is 2.40. The number of nitriles is 1. The minimum Gasteiger partial charge on any atom is -0.303 e. The van der Waals surface area contributed by atoms with E-state index in [1.165, 1.54) is 38.8 Å². The van der Waals surface area contributed by atoms with Gasteiger partial charge in [0.25, 0.3) is 0 Å². The molecule has 1 fully saturated rings. The van der Waals surface area contributed by atoms with Crippen molar-refractivity contribution in [1.29, 1.82) is 5.26 Å². The van der Waals surface area contributed by atoms with Crippen LogP contribution in [0.5, 0.6) is 0 Å². The van der Waals surface area contributed by atoms with Gasteiger partial charge in [-0.2, -0.15) is 5.26 Å². The summed E-state index contributed by atoms with van der Waals surface area (Å²) in [4.78, 5) is 2.52. The van der Waals surface area contributed by atoms with Crippen LogP contribution >= 0.6 is 0 Å². The molecule has 92 valence electrons. The third-order valence-electron chi connectivity index (χ3n) is 3.23. The van der Waals surface area contributed by atoms with E-state index >= 15 is 0 Å². The summed E-state index contributed by atoms with van der Waals surface area (Å²) in [6.45, 7) is 6.63. The molecule has 1 rings (SSSR count). The van der Waals surface area contributed by atoms with E-state index < -0.39 is 0 Å². The molecule has 1 aliphatic rings. The Morgan fingerprint density at radius 1 is 1.25 bits per heavy atom. The third kappa shape index (κ3) is 5.48. The highest BCUT2D eigenvalue weighted by molar-refractivity contribution is 4.90. The maximum Gasteiger partial charge on any atom is 0.0965 e. The molecular formula is C13H25N3. The van der Waals surface area contributed by atoms with Crippen molar-refractivity contribution in [3.8, 4) is 6.07 Å². The van der Waals surface area contributed by atoms with E-state index in [4.69, 9.17) is 5.26 Å². The van der Waals surface area contributed by atoms with Crippen molar-refractivity contribution >= 4 is 0 Å². The standard InChI is InChI=1S/C13H25N3/c1-2-8-15-13(12-14)7-11-16-9-5-3-4-6-10-16/h13,15H,2-11H2,1H3. The van der Waals surface area contributed by atoms with Gasteiger partial charge in [0.05, 0.1) is 12.1 Å². The first-order chi connectivity index (χ1) is 7.86. The van der Waals surface area contributed by atoms with E-state index in [0.29, 0.717) is 0 Å². The van der Waals surface area contributed by atoms with Gasteiger partial charge in [0, 0.05) is 6.54 Å². The van der Waals surface area contributed by atoms with E-state index in [1.54, 1.807) is 0 Å². The second kappa shape index (κ2) is 8.55. The van der Waals surface area contributed by atoms with Crippen LogP contribution < -0.4 is 5.32 Å². The summed E-state index contributed by atoms with van der Waals surface area (Å²) >= 11 is 0. The molecule has 3 nitrogen and oxygen atoms in total. The van der Waals surface area contributed by atoms with Crippen LogP contribution in [0.25, 0.3) is 0 Å². The molecule has 0 radical (unpaired) electrons. The van der Waals surface area contributed by atoms with Crippen LogP contribution in [-0.2, 0) is 0 Å². The topological polar surface area (TPSA) is 39.1 Å². The second-order valence-corrected chi connectivity index (χ2v) is 4.68. The predicted molar refractivity (Wildman–Crippen MR) is 67.2 cm³/mol. The smallest absolute Gasteiger partial charge is 0.0965 e. The van der Waals surface area contributed by atoms with Crippen molar-refractivity contribution in [2.24, 2.45) is 0 Å². The van der Waals surface area contributed by atoms with Crippen LogP contribution in [-0.4, -0.2) is 37.1 Å². The maximum absolute atomic E-state index is 9.01. The molecule has 1 atom stereocenters. The van der Waals surface area contributed by atoms with Gasteiger partial charge in [0.1, 0.15) is 0 Å². The Labute approximate surface area is 99.8 Å². The van der Waals surface area contributed by atoms with Crippen molar-refractivity contribution in [3.63, 3.8) is 0 Å². The highest BCUT2D eigenvalue weighted by Gasteiger charge is 2.11. The van der Waals surface area contributed by atoms with Gasteiger partial charge >= 0.3 is 0 Å². The Morgan fingerprint density at radius 2 is 1.94 bits per heavy atom. The number of nitrogens with zero attached hydrogens (tertiary/aromatic N) is 2. The molecular weight excluding hydrogens is 198 g/mol. The van der Waals surface area contributed by atoms with Gasteiger partial charge in [0.2, 0.25) is 0 Å². The molecule has 0 bridgehead atoms. The Hall–Kier alpha value is -0.590. The number of nitrogens with one attached hydrogen (secondary N) is 1. The van der Waals surface area contributed by atoms with Crippen molar-refractivity contribution in [2.75, 3.05) is 26.2 Å². The minimum atomic E-state index is 0.0446. The molecule has 0 aromatic carbocycles. The molecule has 0 aromatic heterocycles. The number of hydrogen-bond acceptors (Lipinski definition) is 3. The normalized spacial score (nSPS) is 20.0. The summed E-state index contributed by atoms with van der Waals surface area (Å²) in [6.07, 6.45) is 7.50. The van der Waals surface area contributed by atoms with Crippen molar-refractivity contribution in [2.45, 2.75) is 51.5 Å². The summed E-state index contributed by atoms with van der Waals surface area (Å²) in [5, 5.41) is 12.3. The monoisotopic (exact) mass is 223 g/mol. The molecule has 1 saturated heterocycles. The molecule has 1 N–H and O–H groups in total. The summed E-state index contributed by atoms with van der Waals surface area (Å²) in [5.41, 5.74) is 0. The molecule has 0 aromatic rings. The lowest BCUT2D eigenvalue weighted by molar-refractivity contribution is 0.273. The fraction of sp³-hybridized carbons (Fsp3) is 0.923. The Morgan fingerprint density at radius 3 is 2.50 bits per heavy atom. The third-order valence-corrected chi connectivity index (χ3v) is 3.23. The van der Waals surface area contributed by atoms with Crippen LogP contribution in [0.3, 0.4) is 0 Å². The molecule has 0 aliphatic carbocycles. The van der Waals surface area contributed by atoms with E-state index in [9.17, 15) is 0 Å². The minimum absolute atomic E-state index is 0.0446. The lowest BCUT2D eigenvalue weighted by Gasteiger charge is -2.21. The number of rotatable bonds is 6. The van der Waals surface area contributed by atoms with Crippen LogP contribution in [0.15, 0.2) is 0 Å². The van der Waals surface area contributed by atoms with Gasteiger partial charge in [-0.25, -0.2) is 0 Å². The lowest BCUT2D eigenvalue weighted by Crippen LogP contribution is -2.34. The van der Waals surface area contributed by atoms with E-state index in [2.05, 4.69) is 23.2 Å². The molecule has 1 aliphatic heterocycles. The number of hydrogen-bond donors (Lipinski definition) is 1. The highest BCUT2D eigenvalue weighted by atomic mass is 15.1. The Kier molecular flexibility index (Phi) is 7.20. The van der Waals surface area contributed by atoms with Crippen LogP contribution in [0, 0.1) is 11.3 Å². The Bertz CT molecular complexity index is 202. The van der Waals surface area contributed by atoms with E-state index in [0.717, 1.165) is 25.9 Å². The van der Waals surface area contributed by atoms with Gasteiger partial charge < -0.3 is 10.2 Å². The summed E-state index contributed by atoms with van der Waals surface area (Å²) in [5.74, 6) is 0. The number of likely N-dealkylation sites (tertiary alicyclic amines) is 1. The average molecular weight is 223 g/mol. The predicted octanol–water partition coefficient (Wildman–Crippen LogP) is 2.14. The van der Waals surface area contributed by atoms with Gasteiger partial charge in [-0.05, 0) is 45.3 Å². The fourth-order valence-corrected chi connectivity index (χ4v) is 2.20. The molecule has 3 heteroatoms. The summed E-state index contributed by atoms with van der Waals surface area (Å²) < 4.78 is 0. The molecule has 1 unspecified atom stereocenters. The van der Waals surface area contributed by atoms with E-state index in [1.807, 2.05) is 0 Å². The van der Waals surface area contributed by atoms with Gasteiger partial charge in [0.15, 0.2) is 0 Å². The quantitative estimate of drug-likeness (QED) is 0.750. The molecule has 16 heavy (non-hydrogen) atoms. The van der Waals surface area contributed by atoms with E-state index in [-0.39, 0.29) is 6.04 Å². The van der Waals surface area contributed by atoms with Crippen LogP contribution in [0.4, 0.5) is 0 Å². The first-order valence-corrected chi connectivity index (χ1v) is 6.72. The highest BCUT2D eigenvalue weighted by Crippen LogP contribution is 2.10. The van der Waals surface area contributed by atoms with Crippen LogP contribution in [0.1, 0.15) is 45.4 Å². The van der Waals surface area contributed by atoms with Crippen molar-refractivity contribution in [3.05, 3.63) is 0 Å². The van der Waals surface area contributed by atoms with Gasteiger partial charge in [-0.15, -0.1) is 0 Å². The molecule has 0 spiro atoms. The average Bonchev–Trinajstić information content (AvgIpc) is 2.58. The van der Waals surface area contributed by atoms with Gasteiger partial charge in [-0.3, -0.25) is 0 Å². The second-order valence-electron chi connectivity index (χ2n) is 4.68.